The molecule has 0 spiro atoms. The minimum absolute atomic E-state index is 0.0174. The lowest BCUT2D eigenvalue weighted by atomic mass is 10.1. The lowest BCUT2D eigenvalue weighted by molar-refractivity contribution is 0.154. The number of benzene rings is 1. The maximum Gasteiger partial charge on any atom is 0.264 e. The van der Waals surface area contributed by atoms with Crippen molar-refractivity contribution in [1.82, 2.24) is 13.9 Å². The van der Waals surface area contributed by atoms with E-state index in [0.29, 0.717) is 21.5 Å². The van der Waals surface area contributed by atoms with E-state index in [9.17, 15) is 14.3 Å². The number of rotatable bonds is 3. The monoisotopic (exact) mass is 339 g/mol. The average molecular weight is 340 g/mol. The zero-order valence-electron chi connectivity index (χ0n) is 11.5. The van der Waals surface area contributed by atoms with Crippen LogP contribution in [0.4, 0.5) is 4.39 Å². The first-order chi connectivity index (χ1) is 10.5. The quantitative estimate of drug-likeness (QED) is 0.796. The van der Waals surface area contributed by atoms with E-state index >= 15 is 0 Å². The molecule has 0 fully saturated rings. The smallest absolute Gasteiger partial charge is 0.264 e. The third kappa shape index (κ3) is 2.63. The molecule has 3 aromatic rings. The van der Waals surface area contributed by atoms with E-state index in [1.54, 1.807) is 6.92 Å². The Kier molecular flexibility index (Phi) is 3.94. The Morgan fingerprint density at radius 1 is 1.50 bits per heavy atom. The molecule has 2 aromatic heterocycles. The molecule has 5 nitrogen and oxygen atoms in total. The van der Waals surface area contributed by atoms with Crippen molar-refractivity contribution in [2.24, 2.45) is 0 Å². The third-order valence-corrected chi connectivity index (χ3v) is 4.49. The second-order valence-corrected chi connectivity index (χ2v) is 6.00. The number of fused-ring (bicyclic) bond motifs is 1. The Labute approximate surface area is 133 Å². The summed E-state index contributed by atoms with van der Waals surface area (Å²) in [5, 5.41) is 10.6. The van der Waals surface area contributed by atoms with Crippen LogP contribution in [0, 0.1) is 12.7 Å². The second kappa shape index (κ2) is 5.75. The Bertz CT molecular complexity index is 909. The number of aliphatic hydroxyl groups excluding tert-OH is 1. The van der Waals surface area contributed by atoms with Gasteiger partial charge in [-0.15, -0.1) is 0 Å². The van der Waals surface area contributed by atoms with Crippen molar-refractivity contribution in [2.75, 3.05) is 0 Å². The van der Waals surface area contributed by atoms with Gasteiger partial charge in [0.25, 0.3) is 5.56 Å². The summed E-state index contributed by atoms with van der Waals surface area (Å²) in [6.07, 6.45) is 0.313. The molecule has 1 N–H and O–H groups in total. The van der Waals surface area contributed by atoms with E-state index in [0.717, 1.165) is 17.6 Å². The Morgan fingerprint density at radius 2 is 2.27 bits per heavy atom. The Hall–Kier alpha value is -1.83. The van der Waals surface area contributed by atoms with Gasteiger partial charge in [-0.05, 0) is 36.2 Å². The zero-order valence-corrected chi connectivity index (χ0v) is 13.0. The van der Waals surface area contributed by atoms with Crippen LogP contribution in [0.5, 0.6) is 0 Å². The van der Waals surface area contributed by atoms with E-state index in [1.165, 1.54) is 23.0 Å². The number of aryl methyl sites for hydroxylation is 1. The van der Waals surface area contributed by atoms with Crippen LogP contribution in [0.3, 0.4) is 0 Å². The van der Waals surface area contributed by atoms with E-state index in [4.69, 9.17) is 11.6 Å². The summed E-state index contributed by atoms with van der Waals surface area (Å²) < 4.78 is 18.8. The van der Waals surface area contributed by atoms with Gasteiger partial charge >= 0.3 is 0 Å². The maximum absolute atomic E-state index is 13.4. The molecule has 0 unspecified atom stereocenters. The fourth-order valence-corrected chi connectivity index (χ4v) is 3.00. The molecular weight excluding hydrogens is 329 g/mol. The predicted molar refractivity (Wildman–Crippen MR) is 82.8 cm³/mol. The molecule has 22 heavy (non-hydrogen) atoms. The van der Waals surface area contributed by atoms with Crippen LogP contribution >= 0.6 is 23.1 Å². The summed E-state index contributed by atoms with van der Waals surface area (Å²) in [4.78, 5) is 17.1. The predicted octanol–water partition coefficient (Wildman–Crippen LogP) is 2.69. The molecule has 0 saturated heterocycles. The normalized spacial score (nSPS) is 12.7. The van der Waals surface area contributed by atoms with Crippen LogP contribution in [0.15, 0.2) is 29.3 Å². The Balaban J connectivity index is 1.95. The summed E-state index contributed by atoms with van der Waals surface area (Å²) in [7, 11) is 0. The first kappa shape index (κ1) is 15.1. The maximum atomic E-state index is 13.4. The van der Waals surface area contributed by atoms with Crippen molar-refractivity contribution in [3.05, 3.63) is 57.0 Å². The van der Waals surface area contributed by atoms with Crippen LogP contribution in [0.25, 0.3) is 10.2 Å². The molecule has 8 heteroatoms. The van der Waals surface area contributed by atoms with Crippen molar-refractivity contribution in [3.63, 3.8) is 0 Å². The van der Waals surface area contributed by atoms with Gasteiger partial charge in [-0.25, -0.2) is 9.37 Å². The highest BCUT2D eigenvalue weighted by Crippen LogP contribution is 2.21. The van der Waals surface area contributed by atoms with Gasteiger partial charge in [0.15, 0.2) is 4.83 Å². The van der Waals surface area contributed by atoms with E-state index in [2.05, 4.69) is 9.36 Å². The van der Waals surface area contributed by atoms with E-state index in [1.807, 2.05) is 0 Å². The molecular formula is C14H11ClFN3O2S. The molecule has 114 valence electrons. The number of hydrogen-bond donors (Lipinski definition) is 1. The molecule has 0 aliphatic heterocycles. The molecule has 3 rings (SSSR count). The zero-order chi connectivity index (χ0) is 15.9. The van der Waals surface area contributed by atoms with Crippen molar-refractivity contribution >= 4 is 33.4 Å². The number of hydrogen-bond acceptors (Lipinski definition) is 5. The van der Waals surface area contributed by atoms with Crippen LogP contribution in [0.1, 0.15) is 17.4 Å². The summed E-state index contributed by atoms with van der Waals surface area (Å²) >= 11 is 6.77. The van der Waals surface area contributed by atoms with Crippen molar-refractivity contribution in [3.8, 4) is 0 Å². The fourth-order valence-electron chi connectivity index (χ4n) is 2.15. The van der Waals surface area contributed by atoms with Crippen molar-refractivity contribution < 1.29 is 9.50 Å². The number of aliphatic hydroxyl groups is 1. The summed E-state index contributed by atoms with van der Waals surface area (Å²) in [5.74, 6) is -0.614. The van der Waals surface area contributed by atoms with Gasteiger partial charge in [0.1, 0.15) is 5.82 Å². The lowest BCUT2D eigenvalue weighted by Crippen LogP contribution is -2.23. The first-order valence-electron chi connectivity index (χ1n) is 6.42. The topological polar surface area (TPSA) is 68.0 Å². The van der Waals surface area contributed by atoms with Crippen molar-refractivity contribution in [1.29, 1.82) is 0 Å². The minimum atomic E-state index is -1.05. The fraction of sp³-hybridized carbons (Fsp3) is 0.214. The molecule has 0 saturated carbocycles. The summed E-state index contributed by atoms with van der Waals surface area (Å²) in [6.45, 7) is 1.70. The molecule has 1 atom stereocenters. The average Bonchev–Trinajstić information content (AvgIpc) is 2.87. The molecule has 0 bridgehead atoms. The van der Waals surface area contributed by atoms with Gasteiger partial charge in [-0.3, -0.25) is 9.36 Å². The Morgan fingerprint density at radius 3 is 3.00 bits per heavy atom. The summed E-state index contributed by atoms with van der Waals surface area (Å²) in [5.41, 5.74) is 0.678. The highest BCUT2D eigenvalue weighted by Gasteiger charge is 2.15. The van der Waals surface area contributed by atoms with Crippen LogP contribution in [-0.4, -0.2) is 19.0 Å². The van der Waals surface area contributed by atoms with Gasteiger partial charge in [-0.1, -0.05) is 17.7 Å². The van der Waals surface area contributed by atoms with Gasteiger partial charge in [0, 0.05) is 0 Å². The minimum Gasteiger partial charge on any atom is -0.387 e. The number of halogens is 2. The number of nitrogens with zero attached hydrogens (tertiary/aromatic N) is 3. The second-order valence-electron chi connectivity index (χ2n) is 4.84. The molecule has 2 heterocycles. The van der Waals surface area contributed by atoms with E-state index in [-0.39, 0.29) is 17.1 Å². The standard InChI is InChI=1S/C14H11ClFN3O2S/c1-7-12-13(22-18-7)17-6-19(14(12)21)5-11(20)8-2-3-9(15)10(16)4-8/h2-4,6,11,20H,5H2,1H3/t11-/m1/s1. The molecule has 0 radical (unpaired) electrons. The van der Waals surface area contributed by atoms with Gasteiger partial charge in [0.05, 0.1) is 35.1 Å². The highest BCUT2D eigenvalue weighted by atomic mass is 35.5. The highest BCUT2D eigenvalue weighted by molar-refractivity contribution is 7.12. The third-order valence-electron chi connectivity index (χ3n) is 3.33. The largest absolute Gasteiger partial charge is 0.387 e. The molecule has 0 amide bonds. The van der Waals surface area contributed by atoms with Gasteiger partial charge in [0.2, 0.25) is 0 Å². The molecule has 1 aromatic carbocycles. The van der Waals surface area contributed by atoms with Crippen LogP contribution in [-0.2, 0) is 6.54 Å². The van der Waals surface area contributed by atoms with Gasteiger partial charge in [-0.2, -0.15) is 4.37 Å². The first-order valence-corrected chi connectivity index (χ1v) is 7.57. The van der Waals surface area contributed by atoms with E-state index < -0.39 is 11.9 Å². The van der Waals surface area contributed by atoms with Crippen LogP contribution in [0.2, 0.25) is 5.02 Å². The number of aromatic nitrogens is 3. The molecule has 0 aliphatic carbocycles. The lowest BCUT2D eigenvalue weighted by Gasteiger charge is -2.13. The summed E-state index contributed by atoms with van der Waals surface area (Å²) in [6, 6.07) is 4.04. The van der Waals surface area contributed by atoms with Gasteiger partial charge < -0.3 is 5.11 Å². The van der Waals surface area contributed by atoms with Crippen LogP contribution < -0.4 is 5.56 Å². The SMILES string of the molecule is Cc1nsc2ncn(C[C@@H](O)c3ccc(Cl)c(F)c3)c(=O)c12. The van der Waals surface area contributed by atoms with Crippen molar-refractivity contribution in [2.45, 2.75) is 19.6 Å². The molecule has 0 aliphatic rings.